The van der Waals surface area contributed by atoms with Gasteiger partial charge in [0.15, 0.2) is 0 Å². The van der Waals surface area contributed by atoms with Crippen molar-refractivity contribution in [2.24, 2.45) is 23.7 Å². The minimum Gasteiger partial charge on any atom is -0.317 e. The van der Waals surface area contributed by atoms with Crippen LogP contribution < -0.4 is 5.32 Å². The van der Waals surface area contributed by atoms with Crippen LogP contribution in [0, 0.1) is 23.7 Å². The number of alkyl halides is 2. The summed E-state index contributed by atoms with van der Waals surface area (Å²) in [6, 6.07) is 0. The molecule has 0 aromatic heterocycles. The topological polar surface area (TPSA) is 12.0 Å². The minimum atomic E-state index is -1.19. The Morgan fingerprint density at radius 3 is 2.23 bits per heavy atom. The SMILES string of the molecule is CCCNCCC(C)C1CCC(C2CCC(F)C(F)C2)CC1. The van der Waals surface area contributed by atoms with Gasteiger partial charge in [-0.3, -0.25) is 0 Å². The summed E-state index contributed by atoms with van der Waals surface area (Å²) in [5.74, 6) is 2.75. The highest BCUT2D eigenvalue weighted by Crippen LogP contribution is 2.43. The first-order valence-corrected chi connectivity index (χ1v) is 9.60. The Morgan fingerprint density at radius 2 is 1.59 bits per heavy atom. The van der Waals surface area contributed by atoms with Gasteiger partial charge in [-0.15, -0.1) is 0 Å². The maximum Gasteiger partial charge on any atom is 0.131 e. The molecule has 0 saturated heterocycles. The Morgan fingerprint density at radius 1 is 0.909 bits per heavy atom. The van der Waals surface area contributed by atoms with Gasteiger partial charge in [0, 0.05) is 0 Å². The zero-order valence-corrected chi connectivity index (χ0v) is 14.5. The van der Waals surface area contributed by atoms with E-state index in [1.165, 1.54) is 38.5 Å². The van der Waals surface area contributed by atoms with Crippen LogP contribution in [-0.4, -0.2) is 25.4 Å². The second-order valence-corrected chi connectivity index (χ2v) is 7.80. The zero-order chi connectivity index (χ0) is 15.9. The van der Waals surface area contributed by atoms with Crippen LogP contribution in [-0.2, 0) is 0 Å². The van der Waals surface area contributed by atoms with Gasteiger partial charge in [-0.2, -0.15) is 0 Å². The molecule has 2 saturated carbocycles. The van der Waals surface area contributed by atoms with Crippen molar-refractivity contribution in [2.45, 2.75) is 84.0 Å². The van der Waals surface area contributed by atoms with Crippen LogP contribution in [0.5, 0.6) is 0 Å². The predicted octanol–water partition coefficient (Wildman–Crippen LogP) is 5.29. The number of nitrogens with one attached hydrogen (secondary N) is 1. The molecule has 0 aliphatic heterocycles. The van der Waals surface area contributed by atoms with Crippen LogP contribution in [0.4, 0.5) is 8.78 Å². The zero-order valence-electron chi connectivity index (χ0n) is 14.5. The van der Waals surface area contributed by atoms with Crippen molar-refractivity contribution in [1.82, 2.24) is 5.32 Å². The Hall–Kier alpha value is -0.180. The average Bonchev–Trinajstić information content (AvgIpc) is 2.54. The summed E-state index contributed by atoms with van der Waals surface area (Å²) in [5, 5.41) is 3.50. The lowest BCUT2D eigenvalue weighted by Gasteiger charge is -2.39. The van der Waals surface area contributed by atoms with E-state index in [1.54, 1.807) is 0 Å². The molecule has 4 unspecified atom stereocenters. The second kappa shape index (κ2) is 9.20. The van der Waals surface area contributed by atoms with Gasteiger partial charge in [-0.05, 0) is 94.5 Å². The van der Waals surface area contributed by atoms with E-state index >= 15 is 0 Å². The molecule has 4 atom stereocenters. The van der Waals surface area contributed by atoms with E-state index < -0.39 is 12.3 Å². The first-order chi connectivity index (χ1) is 10.6. The molecule has 2 aliphatic rings. The number of rotatable bonds is 7. The third kappa shape index (κ3) is 5.18. The highest BCUT2D eigenvalue weighted by atomic mass is 19.2. The Balaban J connectivity index is 1.67. The quantitative estimate of drug-likeness (QED) is 0.629. The summed E-state index contributed by atoms with van der Waals surface area (Å²) in [5.41, 5.74) is 0. The van der Waals surface area contributed by atoms with Crippen LogP contribution >= 0.6 is 0 Å². The summed E-state index contributed by atoms with van der Waals surface area (Å²) in [7, 11) is 0. The summed E-state index contributed by atoms with van der Waals surface area (Å²) in [6.45, 7) is 6.86. The van der Waals surface area contributed by atoms with Crippen molar-refractivity contribution < 1.29 is 8.78 Å². The van der Waals surface area contributed by atoms with Crippen molar-refractivity contribution >= 4 is 0 Å². The minimum absolute atomic E-state index is 0.449. The number of hydrogen-bond acceptors (Lipinski definition) is 1. The predicted molar refractivity (Wildman–Crippen MR) is 89.5 cm³/mol. The molecule has 0 heterocycles. The Labute approximate surface area is 135 Å². The molecular weight excluding hydrogens is 280 g/mol. The summed E-state index contributed by atoms with van der Waals surface area (Å²) in [6.07, 6.45) is 7.01. The van der Waals surface area contributed by atoms with Gasteiger partial charge in [0.25, 0.3) is 0 Å². The van der Waals surface area contributed by atoms with Gasteiger partial charge in [0.05, 0.1) is 0 Å². The monoisotopic (exact) mass is 315 g/mol. The van der Waals surface area contributed by atoms with E-state index in [9.17, 15) is 8.78 Å². The van der Waals surface area contributed by atoms with Gasteiger partial charge < -0.3 is 5.32 Å². The first-order valence-electron chi connectivity index (χ1n) is 9.60. The van der Waals surface area contributed by atoms with Crippen molar-refractivity contribution in [2.75, 3.05) is 13.1 Å². The lowest BCUT2D eigenvalue weighted by molar-refractivity contribution is 0.0511. The lowest BCUT2D eigenvalue weighted by Crippen LogP contribution is -2.33. The molecule has 130 valence electrons. The van der Waals surface area contributed by atoms with Gasteiger partial charge >= 0.3 is 0 Å². The van der Waals surface area contributed by atoms with Crippen LogP contribution in [0.3, 0.4) is 0 Å². The van der Waals surface area contributed by atoms with Gasteiger partial charge in [0.2, 0.25) is 0 Å². The molecule has 1 N–H and O–H groups in total. The molecule has 3 heteroatoms. The molecule has 22 heavy (non-hydrogen) atoms. The molecular formula is C19H35F2N. The molecule has 0 aromatic carbocycles. The molecule has 0 amide bonds. The Kier molecular flexibility index (Phi) is 7.59. The average molecular weight is 315 g/mol. The normalized spacial score (nSPS) is 37.9. The van der Waals surface area contributed by atoms with Crippen molar-refractivity contribution in [3.05, 3.63) is 0 Å². The molecule has 0 bridgehead atoms. The second-order valence-electron chi connectivity index (χ2n) is 7.80. The van der Waals surface area contributed by atoms with E-state index in [-0.39, 0.29) is 0 Å². The highest BCUT2D eigenvalue weighted by molar-refractivity contribution is 4.86. The van der Waals surface area contributed by atoms with Gasteiger partial charge in [-0.25, -0.2) is 8.78 Å². The van der Waals surface area contributed by atoms with Crippen LogP contribution in [0.2, 0.25) is 0 Å². The fourth-order valence-electron chi connectivity index (χ4n) is 4.59. The van der Waals surface area contributed by atoms with E-state index in [2.05, 4.69) is 19.2 Å². The fraction of sp³-hybridized carbons (Fsp3) is 1.00. The van der Waals surface area contributed by atoms with Crippen LogP contribution in [0.25, 0.3) is 0 Å². The summed E-state index contributed by atoms with van der Waals surface area (Å²) >= 11 is 0. The highest BCUT2D eigenvalue weighted by Gasteiger charge is 2.36. The standard InChI is InChI=1S/C19H35F2N/c1-3-11-22-12-10-14(2)15-4-6-16(7-5-15)17-8-9-18(20)19(21)13-17/h14-19,22H,3-13H2,1-2H3. The van der Waals surface area contributed by atoms with E-state index in [0.717, 1.165) is 31.3 Å². The molecule has 0 spiro atoms. The maximum atomic E-state index is 13.6. The lowest BCUT2D eigenvalue weighted by atomic mass is 9.68. The molecule has 0 aromatic rings. The van der Waals surface area contributed by atoms with E-state index in [4.69, 9.17) is 0 Å². The summed E-state index contributed by atoms with van der Waals surface area (Å²) < 4.78 is 26.9. The van der Waals surface area contributed by atoms with Gasteiger partial charge in [0.1, 0.15) is 12.3 Å². The molecule has 1 nitrogen and oxygen atoms in total. The smallest absolute Gasteiger partial charge is 0.131 e. The molecule has 2 fully saturated rings. The number of halogens is 2. The largest absolute Gasteiger partial charge is 0.317 e. The van der Waals surface area contributed by atoms with Crippen LogP contribution in [0.1, 0.15) is 71.6 Å². The van der Waals surface area contributed by atoms with Crippen molar-refractivity contribution in [3.8, 4) is 0 Å². The third-order valence-corrected chi connectivity index (χ3v) is 6.22. The fourth-order valence-corrected chi connectivity index (χ4v) is 4.59. The van der Waals surface area contributed by atoms with E-state index in [0.29, 0.717) is 24.7 Å². The first kappa shape index (κ1) is 18.2. The molecule has 0 radical (unpaired) electrons. The third-order valence-electron chi connectivity index (χ3n) is 6.22. The van der Waals surface area contributed by atoms with E-state index in [1.807, 2.05) is 0 Å². The van der Waals surface area contributed by atoms with Crippen LogP contribution in [0.15, 0.2) is 0 Å². The maximum absolute atomic E-state index is 13.6. The van der Waals surface area contributed by atoms with Crippen molar-refractivity contribution in [1.29, 1.82) is 0 Å². The molecule has 2 rings (SSSR count). The number of hydrogen-bond donors (Lipinski definition) is 1. The Bertz CT molecular complexity index is 302. The molecule has 2 aliphatic carbocycles. The van der Waals surface area contributed by atoms with Crippen molar-refractivity contribution in [3.63, 3.8) is 0 Å². The summed E-state index contributed by atoms with van der Waals surface area (Å²) in [4.78, 5) is 0. The van der Waals surface area contributed by atoms with Gasteiger partial charge in [-0.1, -0.05) is 13.8 Å².